The van der Waals surface area contributed by atoms with Crippen LogP contribution in [0.15, 0.2) is 11.1 Å². The molecule has 0 radical (unpaired) electrons. The highest BCUT2D eigenvalue weighted by Gasteiger charge is 2.57. The maximum absolute atomic E-state index is 2.81. The van der Waals surface area contributed by atoms with E-state index in [4.69, 9.17) is 0 Å². The summed E-state index contributed by atoms with van der Waals surface area (Å²) >= 11 is 0. The van der Waals surface area contributed by atoms with Crippen molar-refractivity contribution in [3.8, 4) is 0 Å². The third-order valence-corrected chi connectivity index (χ3v) is 6.85. The summed E-state index contributed by atoms with van der Waals surface area (Å²) in [7, 11) is 0. The topological polar surface area (TPSA) is 3.24 Å². The van der Waals surface area contributed by atoms with Crippen LogP contribution in [0.3, 0.4) is 0 Å². The average Bonchev–Trinajstić information content (AvgIpc) is 2.71. The molecule has 1 nitrogen and oxygen atoms in total. The van der Waals surface area contributed by atoms with Crippen LogP contribution in [0.5, 0.6) is 0 Å². The van der Waals surface area contributed by atoms with E-state index in [9.17, 15) is 0 Å². The van der Waals surface area contributed by atoms with E-state index in [-0.39, 0.29) is 0 Å². The normalized spacial score (nSPS) is 37.0. The van der Waals surface area contributed by atoms with Crippen molar-refractivity contribution in [3.05, 3.63) is 11.1 Å². The van der Waals surface area contributed by atoms with Crippen molar-refractivity contribution in [1.82, 2.24) is 4.90 Å². The molecule has 120 valence electrons. The number of rotatable bonds is 3. The first-order valence-corrected chi connectivity index (χ1v) is 9.37. The first-order valence-electron chi connectivity index (χ1n) is 9.37. The molecule has 21 heavy (non-hydrogen) atoms. The number of piperidine rings is 1. The van der Waals surface area contributed by atoms with Crippen molar-refractivity contribution in [2.24, 2.45) is 23.2 Å². The molecule has 0 aromatic heterocycles. The summed E-state index contributed by atoms with van der Waals surface area (Å²) in [6, 6.07) is 1.62. The molecule has 0 aromatic carbocycles. The van der Waals surface area contributed by atoms with Crippen LogP contribution in [-0.4, -0.2) is 23.5 Å². The number of hydrogen-bond acceptors (Lipinski definition) is 1. The van der Waals surface area contributed by atoms with Gasteiger partial charge < -0.3 is 0 Å². The van der Waals surface area contributed by atoms with Gasteiger partial charge in [-0.05, 0) is 75.7 Å². The Bertz CT molecular complexity index is 431. The van der Waals surface area contributed by atoms with Crippen molar-refractivity contribution in [2.45, 2.75) is 85.7 Å². The van der Waals surface area contributed by atoms with Gasteiger partial charge in [-0.2, -0.15) is 0 Å². The maximum Gasteiger partial charge on any atom is 0.0135 e. The minimum Gasteiger partial charge on any atom is -0.298 e. The van der Waals surface area contributed by atoms with Gasteiger partial charge in [-0.3, -0.25) is 4.90 Å². The Morgan fingerprint density at radius 2 is 1.67 bits per heavy atom. The average molecular weight is 290 g/mol. The van der Waals surface area contributed by atoms with E-state index in [0.29, 0.717) is 5.41 Å². The van der Waals surface area contributed by atoms with E-state index in [0.717, 1.165) is 29.8 Å². The second-order valence-corrected chi connectivity index (χ2v) is 8.74. The molecule has 0 aromatic rings. The van der Waals surface area contributed by atoms with Crippen molar-refractivity contribution < 1.29 is 0 Å². The minimum absolute atomic E-state index is 0.585. The molecule has 2 fully saturated rings. The smallest absolute Gasteiger partial charge is 0.0135 e. The van der Waals surface area contributed by atoms with Gasteiger partial charge in [0.25, 0.3) is 0 Å². The molecule has 3 aliphatic rings. The van der Waals surface area contributed by atoms with E-state index in [1.165, 1.54) is 38.6 Å². The van der Waals surface area contributed by atoms with Crippen LogP contribution < -0.4 is 0 Å². The Kier molecular flexibility index (Phi) is 4.01. The first kappa shape index (κ1) is 15.6. The van der Waals surface area contributed by atoms with Gasteiger partial charge >= 0.3 is 0 Å². The van der Waals surface area contributed by atoms with Gasteiger partial charge in [-0.15, -0.1) is 0 Å². The second kappa shape index (κ2) is 5.41. The van der Waals surface area contributed by atoms with Gasteiger partial charge in [0.2, 0.25) is 0 Å². The van der Waals surface area contributed by atoms with E-state index < -0.39 is 0 Å². The minimum atomic E-state index is 0.585. The monoisotopic (exact) mass is 289 g/mol. The summed E-state index contributed by atoms with van der Waals surface area (Å²) in [5, 5.41) is 0. The van der Waals surface area contributed by atoms with Crippen LogP contribution in [0.1, 0.15) is 73.6 Å². The summed E-state index contributed by atoms with van der Waals surface area (Å²) in [6.45, 7) is 15.8. The molecule has 1 saturated heterocycles. The van der Waals surface area contributed by atoms with Crippen LogP contribution in [-0.2, 0) is 0 Å². The van der Waals surface area contributed by atoms with Crippen LogP contribution in [0.2, 0.25) is 0 Å². The van der Waals surface area contributed by atoms with Crippen LogP contribution in [0.4, 0.5) is 0 Å². The Labute approximate surface area is 132 Å². The quantitative estimate of drug-likeness (QED) is 0.640. The van der Waals surface area contributed by atoms with Crippen molar-refractivity contribution in [2.75, 3.05) is 6.54 Å². The number of likely N-dealkylation sites (tertiary alicyclic amines) is 1. The standard InChI is InChI=1S/C20H35N/c1-13(2)16-9-10-20(19(16)14(3)4)11-12-21(15(5)6)18-8-7-17(18)20/h13-15,17-18H,7-12H2,1-6H3/t17-,18+,20-/m1/s1. The Hall–Kier alpha value is -0.300. The summed E-state index contributed by atoms with van der Waals surface area (Å²) in [6.07, 6.45) is 7.20. The van der Waals surface area contributed by atoms with Crippen molar-refractivity contribution in [3.63, 3.8) is 0 Å². The summed E-state index contributed by atoms with van der Waals surface area (Å²) in [5.74, 6) is 2.46. The molecule has 0 N–H and O–H groups in total. The molecule has 1 saturated carbocycles. The Morgan fingerprint density at radius 1 is 0.952 bits per heavy atom. The third-order valence-electron chi connectivity index (χ3n) is 6.85. The van der Waals surface area contributed by atoms with Gasteiger partial charge in [0, 0.05) is 12.1 Å². The lowest BCUT2D eigenvalue weighted by Crippen LogP contribution is -2.61. The number of nitrogens with zero attached hydrogens (tertiary/aromatic N) is 1. The van der Waals surface area contributed by atoms with E-state index >= 15 is 0 Å². The number of allylic oxidation sites excluding steroid dienone is 2. The van der Waals surface area contributed by atoms with Gasteiger partial charge in [0.05, 0.1) is 0 Å². The maximum atomic E-state index is 2.81. The van der Waals surface area contributed by atoms with Crippen LogP contribution in [0, 0.1) is 23.2 Å². The molecule has 3 atom stereocenters. The fraction of sp³-hybridized carbons (Fsp3) is 0.900. The predicted molar refractivity (Wildman–Crippen MR) is 91.3 cm³/mol. The SMILES string of the molecule is CC(C)C1=C(C(C)C)[C@]2(CC1)CCN(C(C)C)[C@H]1CC[C@H]12. The highest BCUT2D eigenvalue weighted by Crippen LogP contribution is 2.62. The van der Waals surface area contributed by atoms with Gasteiger partial charge in [-0.1, -0.05) is 38.8 Å². The largest absolute Gasteiger partial charge is 0.298 e. The lowest BCUT2D eigenvalue weighted by molar-refractivity contribution is -0.0767. The van der Waals surface area contributed by atoms with Crippen LogP contribution >= 0.6 is 0 Å². The zero-order chi connectivity index (χ0) is 15.4. The van der Waals surface area contributed by atoms with Crippen molar-refractivity contribution in [1.29, 1.82) is 0 Å². The van der Waals surface area contributed by atoms with Crippen LogP contribution in [0.25, 0.3) is 0 Å². The van der Waals surface area contributed by atoms with Gasteiger partial charge in [0.15, 0.2) is 0 Å². The highest BCUT2D eigenvalue weighted by molar-refractivity contribution is 5.34. The van der Waals surface area contributed by atoms with E-state index in [1.807, 2.05) is 11.1 Å². The molecule has 1 spiro atoms. The molecule has 0 unspecified atom stereocenters. The fourth-order valence-corrected chi connectivity index (χ4v) is 5.98. The molecule has 1 aliphatic heterocycles. The molecule has 3 rings (SSSR count). The Balaban J connectivity index is 1.95. The third kappa shape index (κ3) is 2.22. The number of fused-ring (bicyclic) bond motifs is 2. The summed E-state index contributed by atoms with van der Waals surface area (Å²) in [4.78, 5) is 2.81. The molecule has 1 heterocycles. The molecule has 0 bridgehead atoms. The summed E-state index contributed by atoms with van der Waals surface area (Å²) < 4.78 is 0. The Morgan fingerprint density at radius 3 is 2.14 bits per heavy atom. The molecular formula is C20H35N. The summed E-state index contributed by atoms with van der Waals surface area (Å²) in [5.41, 5.74) is 4.31. The van der Waals surface area contributed by atoms with E-state index in [1.54, 1.807) is 0 Å². The zero-order valence-electron chi connectivity index (χ0n) is 15.1. The zero-order valence-corrected chi connectivity index (χ0v) is 15.1. The fourth-order valence-electron chi connectivity index (χ4n) is 5.98. The highest BCUT2D eigenvalue weighted by atomic mass is 15.2. The molecule has 0 amide bonds. The van der Waals surface area contributed by atoms with Gasteiger partial charge in [-0.25, -0.2) is 0 Å². The predicted octanol–water partition coefficient (Wildman–Crippen LogP) is 5.27. The first-order chi connectivity index (χ1) is 9.88. The van der Waals surface area contributed by atoms with Gasteiger partial charge in [0.1, 0.15) is 0 Å². The second-order valence-electron chi connectivity index (χ2n) is 8.74. The number of hydrogen-bond donors (Lipinski definition) is 0. The lowest BCUT2D eigenvalue weighted by atomic mass is 9.54. The van der Waals surface area contributed by atoms with Crippen molar-refractivity contribution >= 4 is 0 Å². The van der Waals surface area contributed by atoms with E-state index in [2.05, 4.69) is 46.4 Å². The molecule has 1 heteroatoms. The molecule has 2 aliphatic carbocycles. The molecular weight excluding hydrogens is 254 g/mol. The lowest BCUT2D eigenvalue weighted by Gasteiger charge is -2.60.